The normalized spacial score (nSPS) is 23.6. The van der Waals surface area contributed by atoms with Crippen LogP contribution in [0.25, 0.3) is 0 Å². The molecule has 0 saturated heterocycles. The number of halogens is 3. The average molecular weight is 307 g/mol. The van der Waals surface area contributed by atoms with Gasteiger partial charge in [-0.1, -0.05) is 25.5 Å². The van der Waals surface area contributed by atoms with Crippen molar-refractivity contribution in [1.82, 2.24) is 5.32 Å². The summed E-state index contributed by atoms with van der Waals surface area (Å²) in [4.78, 5) is 12.0. The molecule has 1 N–H and O–H groups in total. The molecule has 0 aromatic rings. The molecule has 0 bridgehead atoms. The van der Waals surface area contributed by atoms with Gasteiger partial charge in [0.25, 0.3) is 0 Å². The lowest BCUT2D eigenvalue weighted by Gasteiger charge is -2.08. The molecule has 0 aromatic heterocycles. The smallest absolute Gasteiger partial charge is 0.372 e. The van der Waals surface area contributed by atoms with Crippen molar-refractivity contribution >= 4 is 5.91 Å². The van der Waals surface area contributed by atoms with Crippen molar-refractivity contribution in [2.45, 2.75) is 40.3 Å². The van der Waals surface area contributed by atoms with Crippen LogP contribution in [0, 0.1) is 17.3 Å². The number of ether oxygens (including phenoxy) is 1. The first-order chi connectivity index (χ1) is 9.55. The zero-order chi connectivity index (χ0) is 16.3. The maximum Gasteiger partial charge on any atom is 0.411 e. The largest absolute Gasteiger partial charge is 0.411 e. The SMILES string of the molecule is CC(C)=CC1C(C(=O)NCCCOCC(F)(F)F)C1(C)C. The molecular formula is C15H24F3NO2. The highest BCUT2D eigenvalue weighted by atomic mass is 19.4. The Balaban J connectivity index is 2.22. The van der Waals surface area contributed by atoms with Crippen molar-refractivity contribution < 1.29 is 22.7 Å². The Bertz CT molecular complexity index is 398. The van der Waals surface area contributed by atoms with Crippen LogP contribution in [0.4, 0.5) is 13.2 Å². The lowest BCUT2D eigenvalue weighted by Crippen LogP contribution is -2.28. The fraction of sp³-hybridized carbons (Fsp3) is 0.800. The monoisotopic (exact) mass is 307 g/mol. The highest BCUT2D eigenvalue weighted by molar-refractivity contribution is 5.83. The zero-order valence-corrected chi connectivity index (χ0v) is 13.0. The summed E-state index contributed by atoms with van der Waals surface area (Å²) in [6, 6.07) is 0. The Morgan fingerprint density at radius 3 is 2.48 bits per heavy atom. The van der Waals surface area contributed by atoms with Gasteiger partial charge < -0.3 is 10.1 Å². The van der Waals surface area contributed by atoms with Crippen molar-refractivity contribution in [2.24, 2.45) is 17.3 Å². The van der Waals surface area contributed by atoms with Crippen molar-refractivity contribution in [1.29, 1.82) is 0 Å². The van der Waals surface area contributed by atoms with Gasteiger partial charge >= 0.3 is 6.18 Å². The second kappa shape index (κ2) is 6.81. The quantitative estimate of drug-likeness (QED) is 0.579. The molecular weight excluding hydrogens is 283 g/mol. The first-order valence-corrected chi connectivity index (χ1v) is 7.13. The van der Waals surface area contributed by atoms with Crippen LogP contribution in [0.15, 0.2) is 11.6 Å². The number of rotatable bonds is 7. The molecule has 0 aliphatic heterocycles. The topological polar surface area (TPSA) is 38.3 Å². The van der Waals surface area contributed by atoms with Gasteiger partial charge in [-0.25, -0.2) is 0 Å². The van der Waals surface area contributed by atoms with E-state index in [-0.39, 0.29) is 29.8 Å². The van der Waals surface area contributed by atoms with Gasteiger partial charge in [-0.3, -0.25) is 4.79 Å². The summed E-state index contributed by atoms with van der Waals surface area (Å²) >= 11 is 0. The molecule has 0 heterocycles. The van der Waals surface area contributed by atoms with E-state index in [2.05, 4.69) is 16.1 Å². The predicted octanol–water partition coefficient (Wildman–Crippen LogP) is 3.31. The van der Waals surface area contributed by atoms with E-state index in [1.807, 2.05) is 27.7 Å². The fourth-order valence-electron chi connectivity index (χ4n) is 2.53. The Morgan fingerprint density at radius 1 is 1.33 bits per heavy atom. The highest BCUT2D eigenvalue weighted by Crippen LogP contribution is 2.59. The van der Waals surface area contributed by atoms with Crippen LogP contribution in [0.2, 0.25) is 0 Å². The van der Waals surface area contributed by atoms with Crippen LogP contribution >= 0.6 is 0 Å². The molecule has 0 radical (unpaired) electrons. The number of amides is 1. The van der Waals surface area contributed by atoms with Crippen LogP contribution in [0.5, 0.6) is 0 Å². The highest BCUT2D eigenvalue weighted by Gasteiger charge is 2.60. The molecule has 21 heavy (non-hydrogen) atoms. The third-order valence-electron chi connectivity index (χ3n) is 3.74. The minimum absolute atomic E-state index is 0.00868. The first-order valence-electron chi connectivity index (χ1n) is 7.13. The molecule has 1 aliphatic rings. The van der Waals surface area contributed by atoms with Gasteiger partial charge in [0.15, 0.2) is 0 Å². The Labute approximate surface area is 123 Å². The molecule has 2 atom stereocenters. The number of nitrogens with one attached hydrogen (secondary N) is 1. The molecule has 1 amide bonds. The molecule has 3 nitrogen and oxygen atoms in total. The third-order valence-corrected chi connectivity index (χ3v) is 3.74. The summed E-state index contributed by atoms with van der Waals surface area (Å²) in [5.41, 5.74) is 1.14. The molecule has 1 fully saturated rings. The van der Waals surface area contributed by atoms with Gasteiger partial charge in [-0.05, 0) is 31.6 Å². The number of allylic oxidation sites excluding steroid dienone is 2. The summed E-state index contributed by atoms with van der Waals surface area (Å²) in [6.07, 6.45) is -1.81. The van der Waals surface area contributed by atoms with Crippen LogP contribution in [0.1, 0.15) is 34.1 Å². The molecule has 2 unspecified atom stereocenters. The van der Waals surface area contributed by atoms with Crippen molar-refractivity contribution in [3.63, 3.8) is 0 Å². The molecule has 1 rings (SSSR count). The summed E-state index contributed by atoms with van der Waals surface area (Å²) in [5, 5.41) is 2.77. The second-order valence-corrected chi connectivity index (χ2v) is 6.38. The van der Waals surface area contributed by atoms with E-state index >= 15 is 0 Å². The fourth-order valence-corrected chi connectivity index (χ4v) is 2.53. The van der Waals surface area contributed by atoms with E-state index in [1.165, 1.54) is 5.57 Å². The number of carbonyl (C=O) groups excluding carboxylic acids is 1. The summed E-state index contributed by atoms with van der Waals surface area (Å²) in [5.74, 6) is 0.158. The van der Waals surface area contributed by atoms with Gasteiger partial charge in [0.05, 0.1) is 5.92 Å². The van der Waals surface area contributed by atoms with E-state index < -0.39 is 12.8 Å². The molecule has 1 saturated carbocycles. The molecule has 0 aromatic carbocycles. The minimum atomic E-state index is -4.29. The Morgan fingerprint density at radius 2 is 1.95 bits per heavy atom. The van der Waals surface area contributed by atoms with E-state index in [0.717, 1.165) is 0 Å². The van der Waals surface area contributed by atoms with Crippen LogP contribution in [-0.2, 0) is 9.53 Å². The third kappa shape index (κ3) is 5.69. The standard InChI is InChI=1S/C15H24F3NO2/c1-10(2)8-11-12(14(11,3)4)13(20)19-6-5-7-21-9-15(16,17)18/h8,11-12H,5-7,9H2,1-4H3,(H,19,20). The van der Waals surface area contributed by atoms with Gasteiger partial charge in [-0.15, -0.1) is 0 Å². The predicted molar refractivity (Wildman–Crippen MR) is 74.7 cm³/mol. The van der Waals surface area contributed by atoms with E-state index in [9.17, 15) is 18.0 Å². The molecule has 6 heteroatoms. The van der Waals surface area contributed by atoms with Crippen LogP contribution in [-0.4, -0.2) is 31.8 Å². The van der Waals surface area contributed by atoms with Crippen molar-refractivity contribution in [3.05, 3.63) is 11.6 Å². The summed E-state index contributed by atoms with van der Waals surface area (Å²) in [7, 11) is 0. The summed E-state index contributed by atoms with van der Waals surface area (Å²) in [6.45, 7) is 7.19. The van der Waals surface area contributed by atoms with Crippen molar-refractivity contribution in [2.75, 3.05) is 19.8 Å². The van der Waals surface area contributed by atoms with E-state index in [0.29, 0.717) is 13.0 Å². The van der Waals surface area contributed by atoms with Crippen LogP contribution < -0.4 is 5.32 Å². The number of alkyl halides is 3. The number of carbonyl (C=O) groups is 1. The maximum atomic E-state index is 12.0. The number of hydrogen-bond donors (Lipinski definition) is 1. The Hall–Kier alpha value is -1.04. The van der Waals surface area contributed by atoms with E-state index in [1.54, 1.807) is 0 Å². The Kier molecular flexibility index (Phi) is 5.84. The second-order valence-electron chi connectivity index (χ2n) is 6.38. The summed E-state index contributed by atoms with van der Waals surface area (Å²) < 4.78 is 40.0. The average Bonchev–Trinajstić information content (AvgIpc) is 2.82. The molecule has 122 valence electrons. The van der Waals surface area contributed by atoms with Gasteiger partial charge in [0, 0.05) is 13.2 Å². The van der Waals surface area contributed by atoms with E-state index in [4.69, 9.17) is 0 Å². The first kappa shape index (κ1) is 18.0. The maximum absolute atomic E-state index is 12.0. The lowest BCUT2D eigenvalue weighted by atomic mass is 10.1. The van der Waals surface area contributed by atoms with Crippen LogP contribution in [0.3, 0.4) is 0 Å². The lowest BCUT2D eigenvalue weighted by molar-refractivity contribution is -0.174. The van der Waals surface area contributed by atoms with Gasteiger partial charge in [-0.2, -0.15) is 13.2 Å². The zero-order valence-electron chi connectivity index (χ0n) is 13.0. The molecule has 0 spiro atoms. The van der Waals surface area contributed by atoms with Crippen molar-refractivity contribution in [3.8, 4) is 0 Å². The van der Waals surface area contributed by atoms with Gasteiger partial charge in [0.1, 0.15) is 6.61 Å². The van der Waals surface area contributed by atoms with Gasteiger partial charge in [0.2, 0.25) is 5.91 Å². The number of hydrogen-bond acceptors (Lipinski definition) is 2. The molecule has 1 aliphatic carbocycles. The minimum Gasteiger partial charge on any atom is -0.372 e.